The van der Waals surface area contributed by atoms with Gasteiger partial charge < -0.3 is 15.0 Å². The highest BCUT2D eigenvalue weighted by Crippen LogP contribution is 2.07. The first kappa shape index (κ1) is 12.2. The van der Waals surface area contributed by atoms with Crippen molar-refractivity contribution in [2.45, 2.75) is 20.4 Å². The molecule has 2 N–H and O–H groups in total. The number of rotatable bonds is 3. The fraction of sp³-hybridized carbons (Fsp3) is 0.231. The van der Waals surface area contributed by atoms with Crippen molar-refractivity contribution in [1.29, 1.82) is 0 Å². The van der Waals surface area contributed by atoms with Crippen LogP contribution in [0, 0.1) is 13.8 Å². The first-order valence-corrected chi connectivity index (χ1v) is 5.65. The zero-order valence-corrected chi connectivity index (χ0v) is 10.3. The molecule has 0 saturated heterocycles. The van der Waals surface area contributed by atoms with Gasteiger partial charge in [0, 0.05) is 12.6 Å². The molecule has 0 unspecified atom stereocenters. The van der Waals surface area contributed by atoms with E-state index in [0.717, 1.165) is 5.56 Å². The highest BCUT2D eigenvalue weighted by Gasteiger charge is 2.09. The number of benzene rings is 1. The van der Waals surface area contributed by atoms with Crippen LogP contribution in [0.2, 0.25) is 0 Å². The van der Waals surface area contributed by atoms with Gasteiger partial charge in [-0.3, -0.25) is 0 Å². The molecule has 1 heterocycles. The lowest BCUT2D eigenvalue weighted by atomic mass is 10.1. The predicted octanol–water partition coefficient (Wildman–Crippen LogP) is 2.22. The fourth-order valence-electron chi connectivity index (χ4n) is 1.64. The second-order valence-corrected chi connectivity index (χ2v) is 4.05. The van der Waals surface area contributed by atoms with Crippen LogP contribution >= 0.6 is 0 Å². The first-order chi connectivity index (χ1) is 8.70. The maximum absolute atomic E-state index is 8.98. The normalized spacial score (nSPS) is 11.6. The molecule has 5 heteroatoms. The molecule has 0 saturated carbocycles. The molecule has 1 aromatic heterocycles. The van der Waals surface area contributed by atoms with Crippen molar-refractivity contribution in [3.8, 4) is 0 Å². The molecule has 2 aromatic rings. The van der Waals surface area contributed by atoms with E-state index in [4.69, 9.17) is 9.73 Å². The van der Waals surface area contributed by atoms with E-state index in [1.54, 1.807) is 13.0 Å². The van der Waals surface area contributed by atoms with Crippen molar-refractivity contribution in [3.63, 3.8) is 0 Å². The van der Waals surface area contributed by atoms with Crippen LogP contribution in [0.5, 0.6) is 0 Å². The molecule has 18 heavy (non-hydrogen) atoms. The van der Waals surface area contributed by atoms with Gasteiger partial charge in [-0.15, -0.1) is 0 Å². The van der Waals surface area contributed by atoms with Crippen molar-refractivity contribution in [2.75, 3.05) is 0 Å². The molecule has 0 fully saturated rings. The van der Waals surface area contributed by atoms with Crippen molar-refractivity contribution in [3.05, 3.63) is 52.9 Å². The molecule has 0 atom stereocenters. The zero-order chi connectivity index (χ0) is 13.0. The van der Waals surface area contributed by atoms with Gasteiger partial charge in [-0.1, -0.05) is 34.6 Å². The lowest BCUT2D eigenvalue weighted by Gasteiger charge is -2.08. The first-order valence-electron chi connectivity index (χ1n) is 5.65. The summed E-state index contributed by atoms with van der Waals surface area (Å²) in [5, 5.41) is 19.0. The van der Waals surface area contributed by atoms with Crippen LogP contribution in [0.15, 0.2) is 40.0 Å². The van der Waals surface area contributed by atoms with Gasteiger partial charge in [-0.25, -0.2) is 0 Å². The molecule has 5 nitrogen and oxygen atoms in total. The number of hydrogen-bond donors (Lipinski definition) is 2. The third-order valence-electron chi connectivity index (χ3n) is 2.68. The van der Waals surface area contributed by atoms with Crippen LogP contribution in [0.4, 0.5) is 0 Å². The summed E-state index contributed by atoms with van der Waals surface area (Å²) in [5.41, 5.74) is 2.81. The summed E-state index contributed by atoms with van der Waals surface area (Å²) in [6.45, 7) is 4.39. The number of aromatic nitrogens is 1. The van der Waals surface area contributed by atoms with Crippen LogP contribution in [-0.4, -0.2) is 16.2 Å². The Morgan fingerprint density at radius 1 is 1.39 bits per heavy atom. The summed E-state index contributed by atoms with van der Waals surface area (Å²) < 4.78 is 4.94. The van der Waals surface area contributed by atoms with E-state index < -0.39 is 0 Å². The highest BCUT2D eigenvalue weighted by atomic mass is 16.5. The number of nitrogens with one attached hydrogen (secondary N) is 1. The maximum Gasteiger partial charge on any atom is 0.195 e. The van der Waals surface area contributed by atoms with Gasteiger partial charge in [0.25, 0.3) is 0 Å². The molecule has 1 aromatic carbocycles. The van der Waals surface area contributed by atoms with Crippen LogP contribution in [0.1, 0.15) is 22.6 Å². The largest absolute Gasteiger partial charge is 0.409 e. The molecule has 0 aliphatic heterocycles. The summed E-state index contributed by atoms with van der Waals surface area (Å²) in [6.07, 6.45) is 0. The Bertz CT molecular complexity index is 561. The number of oxime groups is 1. The third-order valence-corrected chi connectivity index (χ3v) is 2.68. The van der Waals surface area contributed by atoms with Gasteiger partial charge in [-0.05, 0) is 25.0 Å². The fourth-order valence-corrected chi connectivity index (χ4v) is 1.64. The highest BCUT2D eigenvalue weighted by molar-refractivity contribution is 5.96. The lowest BCUT2D eigenvalue weighted by Crippen LogP contribution is -2.24. The van der Waals surface area contributed by atoms with Gasteiger partial charge in [0.05, 0.1) is 0 Å². The van der Waals surface area contributed by atoms with Gasteiger partial charge >= 0.3 is 0 Å². The topological polar surface area (TPSA) is 70.7 Å². The second-order valence-electron chi connectivity index (χ2n) is 4.05. The molecule has 0 aliphatic rings. The number of hydrogen-bond acceptors (Lipinski definition) is 4. The van der Waals surface area contributed by atoms with Crippen LogP contribution in [0.25, 0.3) is 0 Å². The van der Waals surface area contributed by atoms with Crippen molar-refractivity contribution in [2.24, 2.45) is 5.16 Å². The summed E-state index contributed by atoms with van der Waals surface area (Å²) >= 11 is 0. The smallest absolute Gasteiger partial charge is 0.195 e. The predicted molar refractivity (Wildman–Crippen MR) is 67.6 cm³/mol. The van der Waals surface area contributed by atoms with E-state index in [1.807, 2.05) is 31.2 Å². The monoisotopic (exact) mass is 245 g/mol. The Morgan fingerprint density at radius 3 is 2.78 bits per heavy atom. The average Bonchev–Trinajstić information content (AvgIpc) is 2.79. The Kier molecular flexibility index (Phi) is 3.62. The Balaban J connectivity index is 2.07. The van der Waals surface area contributed by atoms with Gasteiger partial charge in [0.2, 0.25) is 0 Å². The number of nitrogens with zero attached hydrogens (tertiary/aromatic N) is 2. The Labute approximate surface area is 105 Å². The molecule has 0 amide bonds. The Hall–Kier alpha value is -2.30. The molecular formula is C13H15N3O2. The SMILES string of the molecule is Cc1cc(/C(=N/O)NCc2ccccc2C)no1. The lowest BCUT2D eigenvalue weighted by molar-refractivity contribution is 0.316. The maximum atomic E-state index is 8.98. The molecular weight excluding hydrogens is 230 g/mol. The summed E-state index contributed by atoms with van der Waals surface area (Å²) in [5.74, 6) is 0.971. The van der Waals surface area contributed by atoms with Crippen LogP contribution in [-0.2, 0) is 6.54 Å². The van der Waals surface area contributed by atoms with E-state index in [9.17, 15) is 0 Å². The minimum atomic E-state index is 0.301. The quantitative estimate of drug-likeness (QED) is 0.376. The van der Waals surface area contributed by atoms with E-state index in [1.165, 1.54) is 5.56 Å². The van der Waals surface area contributed by atoms with Crippen LogP contribution in [0.3, 0.4) is 0 Å². The Morgan fingerprint density at radius 2 is 2.17 bits per heavy atom. The minimum absolute atomic E-state index is 0.301. The number of amidine groups is 1. The van der Waals surface area contributed by atoms with E-state index in [-0.39, 0.29) is 0 Å². The van der Waals surface area contributed by atoms with Gasteiger partial charge in [-0.2, -0.15) is 0 Å². The van der Waals surface area contributed by atoms with E-state index in [2.05, 4.69) is 15.6 Å². The minimum Gasteiger partial charge on any atom is -0.409 e. The molecule has 0 bridgehead atoms. The zero-order valence-electron chi connectivity index (χ0n) is 10.3. The summed E-state index contributed by atoms with van der Waals surface area (Å²) in [7, 11) is 0. The number of aryl methyl sites for hydroxylation is 2. The van der Waals surface area contributed by atoms with Crippen molar-refractivity contribution < 1.29 is 9.73 Å². The molecule has 0 radical (unpaired) electrons. The summed E-state index contributed by atoms with van der Waals surface area (Å²) in [4.78, 5) is 0. The molecule has 2 rings (SSSR count). The van der Waals surface area contributed by atoms with E-state index in [0.29, 0.717) is 23.8 Å². The van der Waals surface area contributed by atoms with E-state index >= 15 is 0 Å². The molecule has 0 spiro atoms. The van der Waals surface area contributed by atoms with Crippen molar-refractivity contribution in [1.82, 2.24) is 10.5 Å². The summed E-state index contributed by atoms with van der Waals surface area (Å²) in [6, 6.07) is 9.72. The second kappa shape index (κ2) is 5.35. The standard InChI is InChI=1S/C13H15N3O2/c1-9-5-3-4-6-11(9)8-14-13(15-17)12-7-10(2)18-16-12/h3-7,17H,8H2,1-2H3,(H,14,15). The molecule has 94 valence electrons. The molecule has 0 aliphatic carbocycles. The third kappa shape index (κ3) is 2.68. The van der Waals surface area contributed by atoms with Crippen molar-refractivity contribution >= 4 is 5.84 Å². The van der Waals surface area contributed by atoms with Crippen LogP contribution < -0.4 is 5.32 Å². The van der Waals surface area contributed by atoms with Gasteiger partial charge in [0.1, 0.15) is 5.76 Å². The average molecular weight is 245 g/mol. The van der Waals surface area contributed by atoms with Gasteiger partial charge in [0.15, 0.2) is 11.5 Å².